The summed E-state index contributed by atoms with van der Waals surface area (Å²) in [4.78, 5) is 17.9. The third-order valence-corrected chi connectivity index (χ3v) is 4.86. The molecule has 0 saturated carbocycles. The summed E-state index contributed by atoms with van der Waals surface area (Å²) < 4.78 is 13.5. The summed E-state index contributed by atoms with van der Waals surface area (Å²) in [5.74, 6) is -0.276. The van der Waals surface area contributed by atoms with E-state index in [0.717, 1.165) is 68.1 Å². The molecule has 152 valence electrons. The number of aromatic nitrogens is 1. The van der Waals surface area contributed by atoms with Crippen molar-refractivity contribution in [1.82, 2.24) is 9.88 Å². The van der Waals surface area contributed by atoms with Crippen molar-refractivity contribution in [3.8, 4) is 0 Å². The van der Waals surface area contributed by atoms with Crippen LogP contribution in [0.3, 0.4) is 0 Å². The van der Waals surface area contributed by atoms with Crippen LogP contribution >= 0.6 is 12.4 Å². The molecule has 2 rings (SSSR count). The van der Waals surface area contributed by atoms with Gasteiger partial charge in [0.15, 0.2) is 0 Å². The highest BCUT2D eigenvalue weighted by molar-refractivity contribution is 5.86. The third-order valence-electron chi connectivity index (χ3n) is 4.86. The van der Waals surface area contributed by atoms with Crippen LogP contribution in [-0.2, 0) is 11.2 Å². The number of fused-ring (bicyclic) bond motifs is 1. The smallest absolute Gasteiger partial charge is 0.239 e. The Bertz CT molecular complexity index is 694. The Morgan fingerprint density at radius 2 is 1.78 bits per heavy atom. The number of benzene rings is 1. The Hall–Kier alpha value is -1.59. The van der Waals surface area contributed by atoms with Crippen molar-refractivity contribution in [3.05, 3.63) is 35.8 Å². The van der Waals surface area contributed by atoms with Crippen LogP contribution in [0.4, 0.5) is 4.39 Å². The van der Waals surface area contributed by atoms with Gasteiger partial charge in [-0.1, -0.05) is 39.5 Å². The number of nitrogens with two attached hydrogens (primary N) is 1. The quantitative estimate of drug-likeness (QED) is 0.534. The van der Waals surface area contributed by atoms with E-state index in [1.807, 2.05) is 11.1 Å². The normalized spacial score (nSPS) is 12.0. The number of H-pyrrole nitrogens is 1. The van der Waals surface area contributed by atoms with Crippen LogP contribution in [0.2, 0.25) is 0 Å². The zero-order valence-electron chi connectivity index (χ0n) is 16.5. The van der Waals surface area contributed by atoms with Crippen LogP contribution in [-0.4, -0.2) is 34.9 Å². The molecule has 6 heteroatoms. The first-order valence-corrected chi connectivity index (χ1v) is 9.86. The summed E-state index contributed by atoms with van der Waals surface area (Å²) in [5, 5.41) is 0.803. The maximum absolute atomic E-state index is 13.5. The Kier molecular flexibility index (Phi) is 10.4. The number of carbonyl (C=O) groups excluding carboxylic acids is 1. The maximum Gasteiger partial charge on any atom is 0.239 e. The standard InChI is InChI=1S/C21H32FN3O.ClH/c1-3-5-7-11-25(12-8-6-4-2)21(26)19(23)13-16-15-24-20-10-9-17(22)14-18(16)20;/h9-10,14-15,19,24H,3-8,11-13,23H2,1-2H3;1H. The van der Waals surface area contributed by atoms with E-state index in [1.54, 1.807) is 6.07 Å². The predicted octanol–water partition coefficient (Wildman–Crippen LogP) is 4.81. The van der Waals surface area contributed by atoms with Crippen LogP contribution < -0.4 is 5.73 Å². The van der Waals surface area contributed by atoms with E-state index in [-0.39, 0.29) is 24.1 Å². The average molecular weight is 398 g/mol. The van der Waals surface area contributed by atoms with Crippen LogP contribution in [0.1, 0.15) is 57.9 Å². The van der Waals surface area contributed by atoms with Crippen molar-refractivity contribution < 1.29 is 9.18 Å². The molecule has 0 fully saturated rings. The molecule has 4 nitrogen and oxygen atoms in total. The number of nitrogens with one attached hydrogen (secondary N) is 1. The lowest BCUT2D eigenvalue weighted by molar-refractivity contribution is -0.132. The fourth-order valence-electron chi connectivity index (χ4n) is 3.32. The number of amides is 1. The van der Waals surface area contributed by atoms with Gasteiger partial charge in [0.2, 0.25) is 5.91 Å². The van der Waals surface area contributed by atoms with Crippen molar-refractivity contribution in [2.24, 2.45) is 5.73 Å². The molecule has 1 aromatic carbocycles. The highest BCUT2D eigenvalue weighted by atomic mass is 35.5. The highest BCUT2D eigenvalue weighted by Crippen LogP contribution is 2.21. The van der Waals surface area contributed by atoms with Gasteiger partial charge in [-0.05, 0) is 43.0 Å². The first kappa shape index (κ1) is 23.4. The first-order valence-electron chi connectivity index (χ1n) is 9.86. The van der Waals surface area contributed by atoms with Gasteiger partial charge in [0.1, 0.15) is 5.82 Å². The number of unbranched alkanes of at least 4 members (excludes halogenated alkanes) is 4. The Morgan fingerprint density at radius 1 is 1.15 bits per heavy atom. The number of carbonyl (C=O) groups is 1. The van der Waals surface area contributed by atoms with Gasteiger partial charge in [-0.2, -0.15) is 0 Å². The van der Waals surface area contributed by atoms with Crippen LogP contribution in [0.5, 0.6) is 0 Å². The molecule has 0 aliphatic heterocycles. The van der Waals surface area contributed by atoms with Crippen molar-refractivity contribution in [2.75, 3.05) is 13.1 Å². The van der Waals surface area contributed by atoms with E-state index in [1.165, 1.54) is 12.1 Å². The molecule has 0 saturated heterocycles. The molecule has 1 aromatic heterocycles. The van der Waals surface area contributed by atoms with Crippen LogP contribution in [0, 0.1) is 5.82 Å². The van der Waals surface area contributed by atoms with Gasteiger partial charge in [-0.3, -0.25) is 4.79 Å². The number of hydrogen-bond acceptors (Lipinski definition) is 2. The van der Waals surface area contributed by atoms with Gasteiger partial charge in [0, 0.05) is 30.2 Å². The van der Waals surface area contributed by atoms with Gasteiger partial charge < -0.3 is 15.6 Å². The fraction of sp³-hybridized carbons (Fsp3) is 0.571. The molecular formula is C21H33ClFN3O. The SMILES string of the molecule is CCCCCN(CCCCC)C(=O)C(N)Cc1c[nH]c2ccc(F)cc12.Cl. The van der Waals surface area contributed by atoms with Crippen molar-refractivity contribution in [3.63, 3.8) is 0 Å². The van der Waals surface area contributed by atoms with Gasteiger partial charge in [0.25, 0.3) is 0 Å². The van der Waals surface area contributed by atoms with Crippen molar-refractivity contribution >= 4 is 29.2 Å². The summed E-state index contributed by atoms with van der Waals surface area (Å²) in [7, 11) is 0. The minimum atomic E-state index is -0.597. The summed E-state index contributed by atoms with van der Waals surface area (Å²) in [6.45, 7) is 5.86. The summed E-state index contributed by atoms with van der Waals surface area (Å²) in [5.41, 5.74) is 8.00. The van der Waals surface area contributed by atoms with Gasteiger partial charge in [0.05, 0.1) is 6.04 Å². The number of rotatable bonds is 11. The molecule has 1 amide bonds. The monoisotopic (exact) mass is 397 g/mol. The lowest BCUT2D eigenvalue weighted by atomic mass is 10.0. The lowest BCUT2D eigenvalue weighted by Gasteiger charge is -2.26. The number of hydrogen-bond donors (Lipinski definition) is 2. The second kappa shape index (κ2) is 12.0. The molecule has 0 aliphatic carbocycles. The van der Waals surface area contributed by atoms with E-state index < -0.39 is 6.04 Å². The first-order chi connectivity index (χ1) is 12.6. The summed E-state index contributed by atoms with van der Waals surface area (Å²) >= 11 is 0. The van der Waals surface area contributed by atoms with E-state index in [9.17, 15) is 9.18 Å². The molecule has 1 unspecified atom stereocenters. The number of aromatic amines is 1. The zero-order chi connectivity index (χ0) is 18.9. The number of halogens is 2. The lowest BCUT2D eigenvalue weighted by Crippen LogP contribution is -2.45. The average Bonchev–Trinajstić information content (AvgIpc) is 3.02. The van der Waals surface area contributed by atoms with Crippen molar-refractivity contribution in [2.45, 2.75) is 64.8 Å². The summed E-state index contributed by atoms with van der Waals surface area (Å²) in [6, 6.07) is 4.04. The Morgan fingerprint density at radius 3 is 2.37 bits per heavy atom. The Labute approximate surface area is 168 Å². The minimum Gasteiger partial charge on any atom is -0.361 e. The van der Waals surface area contributed by atoms with Gasteiger partial charge >= 0.3 is 0 Å². The van der Waals surface area contributed by atoms with Crippen LogP contribution in [0.15, 0.2) is 24.4 Å². The molecule has 2 aromatic rings. The van der Waals surface area contributed by atoms with Crippen LogP contribution in [0.25, 0.3) is 10.9 Å². The van der Waals surface area contributed by atoms with E-state index in [2.05, 4.69) is 18.8 Å². The van der Waals surface area contributed by atoms with E-state index in [4.69, 9.17) is 5.73 Å². The minimum absolute atomic E-state index is 0. The molecular weight excluding hydrogens is 365 g/mol. The Balaban J connectivity index is 0.00000364. The maximum atomic E-state index is 13.5. The fourth-order valence-corrected chi connectivity index (χ4v) is 3.32. The largest absolute Gasteiger partial charge is 0.361 e. The molecule has 1 atom stereocenters. The topological polar surface area (TPSA) is 62.1 Å². The molecule has 1 heterocycles. The van der Waals surface area contributed by atoms with Crippen molar-refractivity contribution in [1.29, 1.82) is 0 Å². The summed E-state index contributed by atoms with van der Waals surface area (Å²) in [6.07, 6.45) is 8.77. The van der Waals surface area contributed by atoms with E-state index >= 15 is 0 Å². The highest BCUT2D eigenvalue weighted by Gasteiger charge is 2.22. The predicted molar refractivity (Wildman–Crippen MR) is 113 cm³/mol. The molecule has 0 radical (unpaired) electrons. The number of nitrogens with zero attached hydrogens (tertiary/aromatic N) is 1. The second-order valence-electron chi connectivity index (χ2n) is 7.05. The van der Waals surface area contributed by atoms with E-state index in [0.29, 0.717) is 6.42 Å². The molecule has 3 N–H and O–H groups in total. The zero-order valence-corrected chi connectivity index (χ0v) is 17.3. The molecule has 0 aliphatic rings. The second-order valence-corrected chi connectivity index (χ2v) is 7.05. The molecule has 27 heavy (non-hydrogen) atoms. The third kappa shape index (κ3) is 6.82. The van der Waals surface area contributed by atoms with Gasteiger partial charge in [-0.15, -0.1) is 12.4 Å². The molecule has 0 bridgehead atoms. The molecule has 0 spiro atoms. The van der Waals surface area contributed by atoms with Gasteiger partial charge in [-0.25, -0.2) is 4.39 Å².